The van der Waals surface area contributed by atoms with Crippen molar-refractivity contribution in [3.8, 4) is 5.75 Å². The summed E-state index contributed by atoms with van der Waals surface area (Å²) in [4.78, 5) is 12.2. The number of hydrogen-bond donors (Lipinski definition) is 2. The van der Waals surface area contributed by atoms with Crippen molar-refractivity contribution >= 4 is 33.1 Å². The van der Waals surface area contributed by atoms with E-state index in [0.29, 0.717) is 35.2 Å². The summed E-state index contributed by atoms with van der Waals surface area (Å²) in [6, 6.07) is 10.1. The molecule has 1 saturated heterocycles. The van der Waals surface area contributed by atoms with Crippen LogP contribution >= 0.6 is 11.3 Å². The number of urea groups is 1. The molecular weight excluding hydrogens is 398 g/mol. The summed E-state index contributed by atoms with van der Waals surface area (Å²) in [5, 5.41) is 7.34. The molecule has 2 N–H and O–H groups in total. The molecule has 1 unspecified atom stereocenters. The molecule has 1 atom stereocenters. The van der Waals surface area contributed by atoms with E-state index in [0.717, 1.165) is 19.3 Å². The fourth-order valence-electron chi connectivity index (χ4n) is 3.37. The van der Waals surface area contributed by atoms with Crippen molar-refractivity contribution in [1.29, 1.82) is 0 Å². The van der Waals surface area contributed by atoms with Crippen LogP contribution in [0.2, 0.25) is 0 Å². The first-order chi connectivity index (χ1) is 13.5. The minimum absolute atomic E-state index is 0.104. The van der Waals surface area contributed by atoms with Crippen molar-refractivity contribution in [2.24, 2.45) is 0 Å². The largest absolute Gasteiger partial charge is 0.495 e. The number of rotatable bonds is 7. The van der Waals surface area contributed by atoms with Crippen molar-refractivity contribution < 1.29 is 17.9 Å². The van der Waals surface area contributed by atoms with Crippen LogP contribution in [0, 0.1) is 0 Å². The average molecular weight is 424 g/mol. The lowest BCUT2D eigenvalue weighted by Crippen LogP contribution is -2.45. The second-order valence-corrected chi connectivity index (χ2v) is 9.63. The Morgan fingerprint density at radius 1 is 1.25 bits per heavy atom. The van der Waals surface area contributed by atoms with Gasteiger partial charge in [0.2, 0.25) is 0 Å². The Morgan fingerprint density at radius 2 is 2.07 bits per heavy atom. The molecular formula is C19H25N3O4S2. The van der Waals surface area contributed by atoms with Gasteiger partial charge in [0, 0.05) is 19.1 Å². The van der Waals surface area contributed by atoms with Crippen LogP contribution in [0.1, 0.15) is 25.7 Å². The van der Waals surface area contributed by atoms with Gasteiger partial charge in [-0.15, -0.1) is 11.3 Å². The molecule has 1 aliphatic heterocycles. The van der Waals surface area contributed by atoms with E-state index in [1.54, 1.807) is 41.1 Å². The first-order valence-corrected chi connectivity index (χ1v) is 11.6. The average Bonchev–Trinajstić information content (AvgIpc) is 3.24. The summed E-state index contributed by atoms with van der Waals surface area (Å²) in [6.07, 6.45) is 3.24. The highest BCUT2D eigenvalue weighted by atomic mass is 32.2. The number of anilines is 1. The Labute approximate surface area is 169 Å². The maximum absolute atomic E-state index is 12.9. The third-order valence-electron chi connectivity index (χ3n) is 4.75. The van der Waals surface area contributed by atoms with Gasteiger partial charge in [-0.3, -0.25) is 0 Å². The second kappa shape index (κ2) is 9.40. The van der Waals surface area contributed by atoms with Crippen LogP contribution in [-0.4, -0.2) is 45.0 Å². The number of benzene rings is 1. The zero-order valence-corrected chi connectivity index (χ0v) is 17.4. The molecule has 0 aliphatic carbocycles. The predicted molar refractivity (Wildman–Crippen MR) is 110 cm³/mol. The number of carbonyl (C=O) groups excluding carboxylic acids is 1. The minimum Gasteiger partial charge on any atom is -0.495 e. The van der Waals surface area contributed by atoms with Gasteiger partial charge in [0.25, 0.3) is 10.0 Å². The van der Waals surface area contributed by atoms with Gasteiger partial charge in [-0.1, -0.05) is 24.6 Å². The number of methoxy groups -OCH3 is 1. The molecule has 0 radical (unpaired) electrons. The first kappa shape index (κ1) is 20.6. The first-order valence-electron chi connectivity index (χ1n) is 9.25. The van der Waals surface area contributed by atoms with Gasteiger partial charge in [-0.05, 0) is 42.8 Å². The van der Waals surface area contributed by atoms with Crippen LogP contribution in [-0.2, 0) is 10.0 Å². The molecule has 152 valence electrons. The summed E-state index contributed by atoms with van der Waals surface area (Å²) in [6.45, 7) is 0.917. The Balaban J connectivity index is 1.56. The summed E-state index contributed by atoms with van der Waals surface area (Å²) < 4.78 is 33.0. The summed E-state index contributed by atoms with van der Waals surface area (Å²) in [5.74, 6) is 0.582. The number of carbonyl (C=O) groups is 1. The number of nitrogens with one attached hydrogen (secondary N) is 2. The smallest absolute Gasteiger partial charge is 0.319 e. The van der Waals surface area contributed by atoms with Gasteiger partial charge in [-0.25, -0.2) is 13.2 Å². The molecule has 0 saturated carbocycles. The van der Waals surface area contributed by atoms with Crippen LogP contribution < -0.4 is 15.4 Å². The van der Waals surface area contributed by atoms with E-state index < -0.39 is 10.0 Å². The van der Waals surface area contributed by atoms with Gasteiger partial charge in [0.1, 0.15) is 9.96 Å². The van der Waals surface area contributed by atoms with E-state index in [1.807, 2.05) is 12.1 Å². The third kappa shape index (κ3) is 4.84. The predicted octanol–water partition coefficient (Wildman–Crippen LogP) is 3.51. The molecule has 1 aliphatic rings. The van der Waals surface area contributed by atoms with Gasteiger partial charge in [-0.2, -0.15) is 4.31 Å². The Hall–Kier alpha value is -2.10. The normalized spacial score (nSPS) is 17.8. The van der Waals surface area contributed by atoms with Gasteiger partial charge in [0.05, 0.1) is 12.8 Å². The third-order valence-corrected chi connectivity index (χ3v) is 8.07. The van der Waals surface area contributed by atoms with Crippen LogP contribution in [0.5, 0.6) is 5.75 Å². The Morgan fingerprint density at radius 3 is 2.82 bits per heavy atom. The van der Waals surface area contributed by atoms with E-state index in [2.05, 4.69) is 10.6 Å². The van der Waals surface area contributed by atoms with E-state index in [-0.39, 0.29) is 12.1 Å². The highest BCUT2D eigenvalue weighted by molar-refractivity contribution is 7.91. The molecule has 2 amide bonds. The minimum atomic E-state index is -3.47. The molecule has 1 fully saturated rings. The van der Waals surface area contributed by atoms with Crippen LogP contribution in [0.4, 0.5) is 10.5 Å². The maximum Gasteiger partial charge on any atom is 0.319 e. The summed E-state index contributed by atoms with van der Waals surface area (Å²) in [7, 11) is -1.92. The highest BCUT2D eigenvalue weighted by Crippen LogP contribution is 2.29. The molecule has 7 nitrogen and oxygen atoms in total. The number of ether oxygens (including phenoxy) is 1. The Bertz CT molecular complexity index is 884. The standard InChI is InChI=1S/C19H25N3O4S2/c1-26-17-9-3-2-8-16(17)21-19(23)20-12-11-15-7-4-5-13-22(15)28(24,25)18-10-6-14-27-18/h2-3,6,8-10,14-15H,4-5,7,11-13H2,1H3,(H2,20,21,23). The lowest BCUT2D eigenvalue weighted by molar-refractivity contribution is 0.234. The summed E-state index contributed by atoms with van der Waals surface area (Å²) >= 11 is 1.24. The van der Waals surface area contributed by atoms with E-state index in [9.17, 15) is 13.2 Å². The highest BCUT2D eigenvalue weighted by Gasteiger charge is 2.33. The van der Waals surface area contributed by atoms with Gasteiger partial charge < -0.3 is 15.4 Å². The second-order valence-electron chi connectivity index (χ2n) is 6.57. The summed E-state index contributed by atoms with van der Waals surface area (Å²) in [5.41, 5.74) is 0.585. The monoisotopic (exact) mass is 423 g/mol. The Kier molecular flexibility index (Phi) is 6.93. The van der Waals surface area contributed by atoms with Crippen molar-refractivity contribution in [3.63, 3.8) is 0 Å². The molecule has 2 heterocycles. The fourth-order valence-corrected chi connectivity index (χ4v) is 6.21. The fraction of sp³-hybridized carbons (Fsp3) is 0.421. The van der Waals surface area contributed by atoms with Crippen molar-refractivity contribution in [1.82, 2.24) is 9.62 Å². The number of thiophene rings is 1. The molecule has 1 aromatic carbocycles. The lowest BCUT2D eigenvalue weighted by atomic mass is 10.0. The lowest BCUT2D eigenvalue weighted by Gasteiger charge is -2.34. The number of hydrogen-bond acceptors (Lipinski definition) is 5. The molecule has 2 aromatic rings. The molecule has 0 bridgehead atoms. The van der Waals surface area contributed by atoms with Crippen molar-refractivity contribution in [2.75, 3.05) is 25.5 Å². The zero-order valence-electron chi connectivity index (χ0n) is 15.8. The SMILES string of the molecule is COc1ccccc1NC(=O)NCCC1CCCCN1S(=O)(=O)c1cccs1. The molecule has 9 heteroatoms. The van der Waals surface area contributed by atoms with E-state index in [4.69, 9.17) is 4.74 Å². The molecule has 3 rings (SSSR count). The zero-order chi connectivity index (χ0) is 20.0. The molecule has 0 spiro atoms. The van der Waals surface area contributed by atoms with Crippen LogP contribution in [0.3, 0.4) is 0 Å². The number of piperidine rings is 1. The van der Waals surface area contributed by atoms with Gasteiger partial charge in [0.15, 0.2) is 0 Å². The number of nitrogens with zero attached hydrogens (tertiary/aromatic N) is 1. The number of sulfonamides is 1. The topological polar surface area (TPSA) is 87.7 Å². The van der Waals surface area contributed by atoms with Crippen LogP contribution in [0.15, 0.2) is 46.0 Å². The quantitative estimate of drug-likeness (QED) is 0.713. The van der Waals surface area contributed by atoms with Gasteiger partial charge >= 0.3 is 6.03 Å². The molecule has 1 aromatic heterocycles. The molecule has 28 heavy (non-hydrogen) atoms. The number of para-hydroxylation sites is 2. The van der Waals surface area contributed by atoms with E-state index in [1.165, 1.54) is 11.3 Å². The van der Waals surface area contributed by atoms with Crippen LogP contribution in [0.25, 0.3) is 0 Å². The van der Waals surface area contributed by atoms with Crippen molar-refractivity contribution in [3.05, 3.63) is 41.8 Å². The maximum atomic E-state index is 12.9. The van der Waals surface area contributed by atoms with E-state index >= 15 is 0 Å². The van der Waals surface area contributed by atoms with Crippen molar-refractivity contribution in [2.45, 2.75) is 35.9 Å². The number of amides is 2.